The van der Waals surface area contributed by atoms with Crippen molar-refractivity contribution in [2.45, 2.75) is 26.7 Å². The summed E-state index contributed by atoms with van der Waals surface area (Å²) in [4.78, 5) is 0. The highest BCUT2D eigenvalue weighted by Crippen LogP contribution is 2.46. The van der Waals surface area contributed by atoms with Crippen molar-refractivity contribution in [2.24, 2.45) is 17.8 Å². The fourth-order valence-corrected chi connectivity index (χ4v) is 1.84. The highest BCUT2D eigenvalue weighted by Gasteiger charge is 2.38. The maximum Gasteiger partial charge on any atom is -0.00694 e. The van der Waals surface area contributed by atoms with Crippen LogP contribution in [0.1, 0.15) is 26.7 Å². The van der Waals surface area contributed by atoms with E-state index in [9.17, 15) is 0 Å². The van der Waals surface area contributed by atoms with Crippen LogP contribution in [0.25, 0.3) is 0 Å². The average molecular weight is 144 g/mol. The first-order valence-electron chi connectivity index (χ1n) is 3.90. The van der Waals surface area contributed by atoms with Crippen molar-refractivity contribution < 1.29 is 0 Å². The molecule has 0 radical (unpaired) electrons. The van der Waals surface area contributed by atoms with E-state index in [1.165, 1.54) is 12.8 Å². The van der Waals surface area contributed by atoms with E-state index < -0.39 is 0 Å². The molecule has 0 saturated heterocycles. The molecule has 0 bridgehead atoms. The summed E-state index contributed by atoms with van der Waals surface area (Å²) < 4.78 is 0. The van der Waals surface area contributed by atoms with Gasteiger partial charge in [-0.15, -0.1) is 0 Å². The van der Waals surface area contributed by atoms with E-state index >= 15 is 0 Å². The molecule has 0 aliphatic heterocycles. The van der Waals surface area contributed by atoms with E-state index in [0.717, 1.165) is 23.5 Å². The second kappa shape index (κ2) is 2.96. The zero-order chi connectivity index (χ0) is 6.85. The molecule has 1 saturated carbocycles. The summed E-state index contributed by atoms with van der Waals surface area (Å²) in [5, 5.41) is 0. The van der Waals surface area contributed by atoms with Gasteiger partial charge < -0.3 is 0 Å². The number of thiol groups is 1. The molecule has 0 amide bonds. The largest absolute Gasteiger partial charge is 0.179 e. The van der Waals surface area contributed by atoms with Gasteiger partial charge in [0.1, 0.15) is 0 Å². The van der Waals surface area contributed by atoms with Crippen LogP contribution in [0.2, 0.25) is 0 Å². The monoisotopic (exact) mass is 144 g/mol. The van der Waals surface area contributed by atoms with Gasteiger partial charge in [-0.2, -0.15) is 12.6 Å². The third-order valence-electron chi connectivity index (χ3n) is 2.52. The quantitative estimate of drug-likeness (QED) is 0.578. The molecule has 1 aliphatic rings. The van der Waals surface area contributed by atoms with E-state index in [-0.39, 0.29) is 0 Å². The van der Waals surface area contributed by atoms with Crippen LogP contribution < -0.4 is 0 Å². The Kier molecular flexibility index (Phi) is 2.45. The van der Waals surface area contributed by atoms with E-state index in [1.54, 1.807) is 0 Å². The van der Waals surface area contributed by atoms with Crippen molar-refractivity contribution >= 4 is 12.6 Å². The van der Waals surface area contributed by atoms with Gasteiger partial charge in [0.15, 0.2) is 0 Å². The van der Waals surface area contributed by atoms with Crippen LogP contribution in [-0.2, 0) is 0 Å². The number of rotatable bonds is 3. The molecule has 0 spiro atoms. The van der Waals surface area contributed by atoms with Crippen LogP contribution >= 0.6 is 12.6 Å². The molecule has 0 aromatic carbocycles. The van der Waals surface area contributed by atoms with Gasteiger partial charge in [0.05, 0.1) is 0 Å². The highest BCUT2D eigenvalue weighted by atomic mass is 32.1. The predicted octanol–water partition coefficient (Wildman–Crippen LogP) is 2.60. The van der Waals surface area contributed by atoms with Crippen LogP contribution in [0.5, 0.6) is 0 Å². The Labute approximate surface area is 63.4 Å². The first-order chi connectivity index (χ1) is 4.29. The maximum atomic E-state index is 4.27. The summed E-state index contributed by atoms with van der Waals surface area (Å²) in [6.45, 7) is 4.60. The van der Waals surface area contributed by atoms with E-state index in [4.69, 9.17) is 0 Å². The van der Waals surface area contributed by atoms with Gasteiger partial charge in [-0.1, -0.05) is 20.3 Å². The van der Waals surface area contributed by atoms with Crippen molar-refractivity contribution in [3.63, 3.8) is 0 Å². The summed E-state index contributed by atoms with van der Waals surface area (Å²) in [6, 6.07) is 0. The molecule has 0 nitrogen and oxygen atoms in total. The van der Waals surface area contributed by atoms with Crippen molar-refractivity contribution in [3.8, 4) is 0 Å². The molecule has 1 rings (SSSR count). The van der Waals surface area contributed by atoms with Gasteiger partial charge in [-0.05, 0) is 29.9 Å². The van der Waals surface area contributed by atoms with Gasteiger partial charge in [0.25, 0.3) is 0 Å². The zero-order valence-corrected chi connectivity index (χ0v) is 7.20. The van der Waals surface area contributed by atoms with Crippen LogP contribution in [0, 0.1) is 17.8 Å². The lowest BCUT2D eigenvalue weighted by Gasteiger charge is -2.04. The molecule has 0 aromatic heterocycles. The SMILES string of the molecule is CCC1CC1C(C)CS. The molecule has 1 heteroatoms. The molecule has 9 heavy (non-hydrogen) atoms. The van der Waals surface area contributed by atoms with Crippen LogP contribution in [-0.4, -0.2) is 5.75 Å². The standard InChI is InChI=1S/C8H16S/c1-3-7-4-8(7)6(2)5-9/h6-9H,3-5H2,1-2H3. The maximum absolute atomic E-state index is 4.27. The molecule has 3 unspecified atom stereocenters. The minimum atomic E-state index is 0.860. The Hall–Kier alpha value is 0.350. The summed E-state index contributed by atoms with van der Waals surface area (Å²) in [5.41, 5.74) is 0. The van der Waals surface area contributed by atoms with Gasteiger partial charge in [0, 0.05) is 0 Å². The molecule has 0 N–H and O–H groups in total. The fourth-order valence-electron chi connectivity index (χ4n) is 1.57. The third-order valence-corrected chi connectivity index (χ3v) is 3.10. The Morgan fingerprint density at radius 3 is 2.67 bits per heavy atom. The molecular weight excluding hydrogens is 128 g/mol. The second-order valence-corrected chi connectivity index (χ2v) is 3.59. The lowest BCUT2D eigenvalue weighted by Crippen LogP contribution is -1.99. The molecule has 3 atom stereocenters. The zero-order valence-electron chi connectivity index (χ0n) is 6.30. The van der Waals surface area contributed by atoms with Gasteiger partial charge in [-0.25, -0.2) is 0 Å². The smallest absolute Gasteiger partial charge is 0.00694 e. The van der Waals surface area contributed by atoms with E-state index in [2.05, 4.69) is 26.5 Å². The molecule has 1 fully saturated rings. The second-order valence-electron chi connectivity index (χ2n) is 3.23. The van der Waals surface area contributed by atoms with Crippen molar-refractivity contribution in [1.82, 2.24) is 0 Å². The van der Waals surface area contributed by atoms with Gasteiger partial charge >= 0.3 is 0 Å². The Balaban J connectivity index is 2.17. The topological polar surface area (TPSA) is 0 Å². The Morgan fingerprint density at radius 1 is 1.67 bits per heavy atom. The van der Waals surface area contributed by atoms with Gasteiger partial charge in [-0.3, -0.25) is 0 Å². The van der Waals surface area contributed by atoms with Crippen molar-refractivity contribution in [3.05, 3.63) is 0 Å². The number of hydrogen-bond donors (Lipinski definition) is 1. The first kappa shape index (κ1) is 7.46. The van der Waals surface area contributed by atoms with Crippen molar-refractivity contribution in [2.75, 3.05) is 5.75 Å². The van der Waals surface area contributed by atoms with Crippen LogP contribution in [0.4, 0.5) is 0 Å². The third kappa shape index (κ3) is 1.64. The molecule has 54 valence electrons. The fraction of sp³-hybridized carbons (Fsp3) is 1.00. The lowest BCUT2D eigenvalue weighted by molar-refractivity contribution is 0.521. The lowest BCUT2D eigenvalue weighted by atomic mass is 10.1. The molecule has 0 aromatic rings. The van der Waals surface area contributed by atoms with Crippen molar-refractivity contribution in [1.29, 1.82) is 0 Å². The first-order valence-corrected chi connectivity index (χ1v) is 4.53. The minimum absolute atomic E-state index is 0.860. The number of hydrogen-bond acceptors (Lipinski definition) is 1. The summed E-state index contributed by atoms with van der Waals surface area (Å²) in [7, 11) is 0. The summed E-state index contributed by atoms with van der Waals surface area (Å²) >= 11 is 4.27. The van der Waals surface area contributed by atoms with E-state index in [1.807, 2.05) is 0 Å². The van der Waals surface area contributed by atoms with Gasteiger partial charge in [0.2, 0.25) is 0 Å². The molecule has 0 heterocycles. The van der Waals surface area contributed by atoms with Crippen LogP contribution in [0.3, 0.4) is 0 Å². The Bertz CT molecular complexity index is 90.6. The normalized spacial score (nSPS) is 36.3. The van der Waals surface area contributed by atoms with E-state index in [0.29, 0.717) is 0 Å². The highest BCUT2D eigenvalue weighted by molar-refractivity contribution is 7.80. The molecule has 1 aliphatic carbocycles. The van der Waals surface area contributed by atoms with Crippen LogP contribution in [0.15, 0.2) is 0 Å². The molecular formula is C8H16S. The minimum Gasteiger partial charge on any atom is -0.179 e. The Morgan fingerprint density at radius 2 is 2.33 bits per heavy atom. The average Bonchev–Trinajstić information content (AvgIpc) is 2.64. The summed E-state index contributed by atoms with van der Waals surface area (Å²) in [5.74, 6) is 4.00. The summed E-state index contributed by atoms with van der Waals surface area (Å²) in [6.07, 6.45) is 2.85. The predicted molar refractivity (Wildman–Crippen MR) is 44.9 cm³/mol.